The summed E-state index contributed by atoms with van der Waals surface area (Å²) in [6.45, 7) is -1.29. The minimum atomic E-state index is -3.17. The Labute approximate surface area is 226 Å². The molecule has 0 fully saturated rings. The van der Waals surface area contributed by atoms with Crippen LogP contribution in [-0.4, -0.2) is 91.7 Å². The Morgan fingerprint density at radius 3 is 2.59 bits per heavy atom. The molecule has 39 heavy (non-hydrogen) atoms. The number of rotatable bonds is 20. The summed E-state index contributed by atoms with van der Waals surface area (Å²) in [4.78, 5) is 20.6. The highest BCUT2D eigenvalue weighted by molar-refractivity contribution is 5.82. The number of allylic oxidation sites excluding steroid dienone is 5. The SMILES string of the molecule is C=CC=NC=NCC(O)NC(CCOC(F)F)C(=O)N[C@@H](COC(F)F)C(C)(O)NC(C)CC1C=CC=CC1. The van der Waals surface area contributed by atoms with Gasteiger partial charge >= 0.3 is 13.2 Å². The molecule has 0 saturated carbocycles. The van der Waals surface area contributed by atoms with Gasteiger partial charge in [-0.3, -0.25) is 20.4 Å². The fourth-order valence-electron chi connectivity index (χ4n) is 3.85. The predicted octanol–water partition coefficient (Wildman–Crippen LogP) is 2.11. The van der Waals surface area contributed by atoms with Gasteiger partial charge in [-0.25, -0.2) is 4.99 Å². The average molecular weight is 566 g/mol. The first kappa shape index (κ1) is 34.5. The number of alkyl halides is 4. The molecule has 0 aliphatic heterocycles. The van der Waals surface area contributed by atoms with Gasteiger partial charge in [-0.05, 0) is 39.0 Å². The summed E-state index contributed by atoms with van der Waals surface area (Å²) < 4.78 is 59.3. The van der Waals surface area contributed by atoms with E-state index in [1.807, 2.05) is 24.3 Å². The summed E-state index contributed by atoms with van der Waals surface area (Å²) in [7, 11) is 0. The van der Waals surface area contributed by atoms with Crippen LogP contribution in [0.25, 0.3) is 0 Å². The zero-order chi connectivity index (χ0) is 29.3. The lowest BCUT2D eigenvalue weighted by atomic mass is 9.93. The zero-order valence-corrected chi connectivity index (χ0v) is 22.1. The normalized spacial score (nSPS) is 20.4. The van der Waals surface area contributed by atoms with Gasteiger partial charge in [0.05, 0.1) is 31.8 Å². The van der Waals surface area contributed by atoms with Gasteiger partial charge in [-0.15, -0.1) is 0 Å². The van der Waals surface area contributed by atoms with Gasteiger partial charge in [0.1, 0.15) is 18.3 Å². The standard InChI is InChI=1S/C25H39F4N5O5/c1-4-11-30-16-31-14-21(35)32-19(10-12-38-23(26)27)22(36)33-20(15-39-24(28)29)25(3,37)34-17(2)13-18-8-6-5-7-9-18/h4-8,11,16-21,23-24,32,34-35,37H,1,9-10,12-15H2,2-3H3,(H,33,36)/t17?,18?,19?,20-,21?,25?/m0/s1. The van der Waals surface area contributed by atoms with E-state index >= 15 is 0 Å². The van der Waals surface area contributed by atoms with E-state index < -0.39 is 56.4 Å². The molecule has 0 heterocycles. The number of hydrogen-bond donors (Lipinski definition) is 5. The van der Waals surface area contributed by atoms with Crippen LogP contribution in [-0.2, 0) is 14.3 Å². The molecule has 0 aromatic rings. The second-order valence-electron chi connectivity index (χ2n) is 9.06. The summed E-state index contributed by atoms with van der Waals surface area (Å²) in [5.74, 6) is -0.674. The maximum Gasteiger partial charge on any atom is 0.345 e. The number of aliphatic hydroxyl groups excluding tert-OH is 1. The molecule has 6 atom stereocenters. The van der Waals surface area contributed by atoms with Crippen LogP contribution in [0, 0.1) is 5.92 Å². The van der Waals surface area contributed by atoms with Crippen LogP contribution in [0.4, 0.5) is 17.6 Å². The third kappa shape index (κ3) is 15.6. The molecule has 14 heteroatoms. The van der Waals surface area contributed by atoms with Crippen molar-refractivity contribution in [2.75, 3.05) is 19.8 Å². The van der Waals surface area contributed by atoms with Crippen molar-refractivity contribution in [3.8, 4) is 0 Å². The van der Waals surface area contributed by atoms with Crippen molar-refractivity contribution < 1.29 is 42.0 Å². The van der Waals surface area contributed by atoms with Crippen molar-refractivity contribution in [2.24, 2.45) is 15.9 Å². The molecule has 0 spiro atoms. The highest BCUT2D eigenvalue weighted by atomic mass is 19.3. The third-order valence-electron chi connectivity index (χ3n) is 5.63. The van der Waals surface area contributed by atoms with E-state index in [1.54, 1.807) is 6.92 Å². The molecule has 1 aliphatic carbocycles. The Morgan fingerprint density at radius 2 is 1.97 bits per heavy atom. The van der Waals surface area contributed by atoms with E-state index in [9.17, 15) is 32.6 Å². The Bertz CT molecular complexity index is 842. The average Bonchev–Trinajstić information content (AvgIpc) is 2.85. The third-order valence-corrected chi connectivity index (χ3v) is 5.63. The zero-order valence-electron chi connectivity index (χ0n) is 22.1. The van der Waals surface area contributed by atoms with E-state index in [0.717, 1.165) is 12.8 Å². The van der Waals surface area contributed by atoms with E-state index in [2.05, 4.69) is 42.0 Å². The molecule has 0 aromatic carbocycles. The number of carbonyl (C=O) groups excluding carboxylic acids is 1. The van der Waals surface area contributed by atoms with Crippen molar-refractivity contribution >= 4 is 18.5 Å². The van der Waals surface area contributed by atoms with Crippen molar-refractivity contribution in [3.63, 3.8) is 0 Å². The lowest BCUT2D eigenvalue weighted by molar-refractivity contribution is -0.157. The van der Waals surface area contributed by atoms with Crippen LogP contribution in [0.15, 0.2) is 46.9 Å². The van der Waals surface area contributed by atoms with Crippen molar-refractivity contribution in [2.45, 2.75) is 76.4 Å². The first-order valence-electron chi connectivity index (χ1n) is 12.4. The van der Waals surface area contributed by atoms with Crippen LogP contribution in [0.3, 0.4) is 0 Å². The molecule has 1 amide bonds. The number of nitrogens with zero attached hydrogens (tertiary/aromatic N) is 2. The molecule has 0 aromatic heterocycles. The number of ether oxygens (including phenoxy) is 2. The molecule has 0 bridgehead atoms. The lowest BCUT2D eigenvalue weighted by Crippen LogP contribution is -2.65. The summed E-state index contributed by atoms with van der Waals surface area (Å²) in [6, 6.07) is -2.98. The highest BCUT2D eigenvalue weighted by Crippen LogP contribution is 2.20. The number of hydrogen-bond acceptors (Lipinski definition) is 8. The largest absolute Gasteiger partial charge is 0.377 e. The number of amides is 1. The molecule has 0 saturated heterocycles. The Balaban J connectivity index is 2.94. The van der Waals surface area contributed by atoms with Gasteiger partial charge in [0.25, 0.3) is 0 Å². The Hall–Kier alpha value is -2.49. The number of carbonyl (C=O) groups is 1. The lowest BCUT2D eigenvalue weighted by Gasteiger charge is -2.38. The Morgan fingerprint density at radius 1 is 1.26 bits per heavy atom. The molecule has 1 aliphatic rings. The van der Waals surface area contributed by atoms with Gasteiger partial charge in [0.2, 0.25) is 5.91 Å². The van der Waals surface area contributed by atoms with Gasteiger partial charge in [-0.1, -0.05) is 37.0 Å². The summed E-state index contributed by atoms with van der Waals surface area (Å²) in [6.07, 6.45) is 11.5. The second-order valence-corrected chi connectivity index (χ2v) is 9.06. The molecule has 5 N–H and O–H groups in total. The highest BCUT2D eigenvalue weighted by Gasteiger charge is 2.37. The van der Waals surface area contributed by atoms with Crippen molar-refractivity contribution in [1.82, 2.24) is 16.0 Å². The summed E-state index contributed by atoms with van der Waals surface area (Å²) >= 11 is 0. The number of aliphatic imine (C=N–C) groups is 2. The van der Waals surface area contributed by atoms with E-state index in [1.165, 1.54) is 19.2 Å². The van der Waals surface area contributed by atoms with Crippen LogP contribution in [0.5, 0.6) is 0 Å². The molecule has 222 valence electrons. The van der Waals surface area contributed by atoms with Crippen molar-refractivity contribution in [1.29, 1.82) is 0 Å². The van der Waals surface area contributed by atoms with Gasteiger partial charge in [-0.2, -0.15) is 17.6 Å². The Kier molecular flexibility index (Phi) is 16.6. The second kappa shape index (κ2) is 18.7. The van der Waals surface area contributed by atoms with Crippen LogP contribution < -0.4 is 16.0 Å². The predicted molar refractivity (Wildman–Crippen MR) is 140 cm³/mol. The number of aliphatic hydroxyl groups is 2. The minimum absolute atomic E-state index is 0.202. The fraction of sp³-hybridized carbons (Fsp3) is 0.640. The van der Waals surface area contributed by atoms with Gasteiger partial charge in [0, 0.05) is 12.3 Å². The van der Waals surface area contributed by atoms with Crippen LogP contribution in [0.2, 0.25) is 0 Å². The van der Waals surface area contributed by atoms with E-state index in [-0.39, 0.29) is 24.9 Å². The molecule has 1 rings (SSSR count). The molecule has 5 unspecified atom stereocenters. The van der Waals surface area contributed by atoms with Gasteiger partial charge in [0.15, 0.2) is 0 Å². The molecular formula is C25H39F4N5O5. The molecular weight excluding hydrogens is 526 g/mol. The summed E-state index contributed by atoms with van der Waals surface area (Å²) in [5, 5.41) is 29.2. The smallest absolute Gasteiger partial charge is 0.345 e. The minimum Gasteiger partial charge on any atom is -0.377 e. The topological polar surface area (TPSA) is 137 Å². The summed E-state index contributed by atoms with van der Waals surface area (Å²) in [5.41, 5.74) is -1.91. The molecule has 10 nitrogen and oxygen atoms in total. The van der Waals surface area contributed by atoms with Crippen LogP contribution >= 0.6 is 0 Å². The quantitative estimate of drug-likeness (QED) is 0.0660. The first-order chi connectivity index (χ1) is 18.4. The van der Waals surface area contributed by atoms with Crippen molar-refractivity contribution in [3.05, 3.63) is 37.0 Å². The number of halogens is 4. The fourth-order valence-corrected chi connectivity index (χ4v) is 3.85. The first-order valence-corrected chi connectivity index (χ1v) is 12.4. The van der Waals surface area contributed by atoms with Crippen LogP contribution in [0.1, 0.15) is 33.1 Å². The van der Waals surface area contributed by atoms with E-state index in [4.69, 9.17) is 0 Å². The monoisotopic (exact) mass is 565 g/mol. The van der Waals surface area contributed by atoms with Gasteiger partial charge < -0.3 is 25.0 Å². The molecule has 0 radical (unpaired) electrons. The maximum absolute atomic E-state index is 13.1. The van der Waals surface area contributed by atoms with E-state index in [0.29, 0.717) is 6.42 Å². The maximum atomic E-state index is 13.1. The number of nitrogens with one attached hydrogen (secondary N) is 3.